The normalized spacial score (nSPS) is 10.5. The summed E-state index contributed by atoms with van der Waals surface area (Å²) in [5.41, 5.74) is 1.53. The molecule has 1 N–H and O–H groups in total. The lowest BCUT2D eigenvalue weighted by atomic mass is 10.1. The standard InChI is InChI=1S/C16H12N2O3/c19-15(20)9-11-5-7-13(8-6-11)21-16-17-10-12-3-1-2-4-14(12)18-16/h1-8,10H,9H2,(H,19,20). The summed E-state index contributed by atoms with van der Waals surface area (Å²) in [6.07, 6.45) is 1.70. The third-order valence-electron chi connectivity index (χ3n) is 2.95. The molecule has 0 spiro atoms. The Bertz CT molecular complexity index is 785. The topological polar surface area (TPSA) is 72.3 Å². The number of fused-ring (bicyclic) bond motifs is 1. The monoisotopic (exact) mass is 280 g/mol. The van der Waals surface area contributed by atoms with Crippen LogP contribution >= 0.6 is 0 Å². The number of benzene rings is 2. The van der Waals surface area contributed by atoms with Crippen molar-refractivity contribution < 1.29 is 14.6 Å². The van der Waals surface area contributed by atoms with Gasteiger partial charge in [-0.3, -0.25) is 4.79 Å². The van der Waals surface area contributed by atoms with Crippen LogP contribution in [-0.2, 0) is 11.2 Å². The zero-order chi connectivity index (χ0) is 14.7. The summed E-state index contributed by atoms with van der Waals surface area (Å²) in [6, 6.07) is 14.7. The number of ether oxygens (including phenoxy) is 1. The highest BCUT2D eigenvalue weighted by atomic mass is 16.5. The Morgan fingerprint density at radius 3 is 2.62 bits per heavy atom. The van der Waals surface area contributed by atoms with Crippen LogP contribution in [0.1, 0.15) is 5.56 Å². The SMILES string of the molecule is O=C(O)Cc1ccc(Oc2ncc3ccccc3n2)cc1. The van der Waals surface area contributed by atoms with Crippen molar-refractivity contribution in [1.82, 2.24) is 9.97 Å². The first-order chi connectivity index (χ1) is 10.2. The van der Waals surface area contributed by atoms with E-state index in [1.165, 1.54) is 0 Å². The van der Waals surface area contributed by atoms with E-state index in [1.54, 1.807) is 30.5 Å². The maximum absolute atomic E-state index is 10.6. The summed E-state index contributed by atoms with van der Waals surface area (Å²) in [5, 5.41) is 9.67. The average Bonchev–Trinajstić information content (AvgIpc) is 2.49. The number of hydrogen-bond donors (Lipinski definition) is 1. The van der Waals surface area contributed by atoms with Crippen LogP contribution in [-0.4, -0.2) is 21.0 Å². The van der Waals surface area contributed by atoms with Gasteiger partial charge < -0.3 is 9.84 Å². The average molecular weight is 280 g/mol. The number of carboxylic acids is 1. The molecule has 5 nitrogen and oxygen atoms in total. The summed E-state index contributed by atoms with van der Waals surface area (Å²) < 4.78 is 5.58. The van der Waals surface area contributed by atoms with Crippen molar-refractivity contribution in [3.8, 4) is 11.8 Å². The smallest absolute Gasteiger partial charge is 0.322 e. The minimum atomic E-state index is -0.860. The van der Waals surface area contributed by atoms with Gasteiger partial charge in [0, 0.05) is 11.6 Å². The molecule has 3 rings (SSSR count). The summed E-state index contributed by atoms with van der Waals surface area (Å²) >= 11 is 0. The lowest BCUT2D eigenvalue weighted by Gasteiger charge is -2.05. The molecule has 21 heavy (non-hydrogen) atoms. The number of aliphatic carboxylic acids is 1. The Kier molecular flexibility index (Phi) is 3.47. The fourth-order valence-electron chi connectivity index (χ4n) is 1.96. The number of carboxylic acid groups (broad SMARTS) is 1. The third kappa shape index (κ3) is 3.14. The van der Waals surface area contributed by atoms with Gasteiger partial charge in [0.05, 0.1) is 11.9 Å². The van der Waals surface area contributed by atoms with Crippen molar-refractivity contribution in [1.29, 1.82) is 0 Å². The van der Waals surface area contributed by atoms with Gasteiger partial charge >= 0.3 is 12.0 Å². The van der Waals surface area contributed by atoms with Crippen LogP contribution in [0.4, 0.5) is 0 Å². The summed E-state index contributed by atoms with van der Waals surface area (Å²) in [4.78, 5) is 19.1. The van der Waals surface area contributed by atoms with Crippen LogP contribution < -0.4 is 4.74 Å². The second-order valence-electron chi connectivity index (χ2n) is 4.53. The van der Waals surface area contributed by atoms with Gasteiger partial charge in [0.2, 0.25) is 0 Å². The van der Waals surface area contributed by atoms with Crippen molar-refractivity contribution in [2.24, 2.45) is 0 Å². The molecule has 0 unspecified atom stereocenters. The van der Waals surface area contributed by atoms with Crippen molar-refractivity contribution in [3.05, 3.63) is 60.3 Å². The van der Waals surface area contributed by atoms with E-state index in [0.29, 0.717) is 11.3 Å². The molecule has 3 aromatic rings. The molecule has 0 saturated carbocycles. The maximum Gasteiger partial charge on any atom is 0.322 e. The summed E-state index contributed by atoms with van der Waals surface area (Å²) in [6.45, 7) is 0. The predicted molar refractivity (Wildman–Crippen MR) is 77.4 cm³/mol. The highest BCUT2D eigenvalue weighted by molar-refractivity contribution is 5.77. The Balaban J connectivity index is 1.79. The number of nitrogens with zero attached hydrogens (tertiary/aromatic N) is 2. The molecule has 104 valence electrons. The molecule has 0 aliphatic carbocycles. The quantitative estimate of drug-likeness (QED) is 0.795. The largest absolute Gasteiger partial charge is 0.481 e. The van der Waals surface area contributed by atoms with Gasteiger partial charge in [-0.2, -0.15) is 4.98 Å². The molecule has 5 heteroatoms. The van der Waals surface area contributed by atoms with Crippen LogP contribution in [0.3, 0.4) is 0 Å². The second kappa shape index (κ2) is 5.58. The lowest BCUT2D eigenvalue weighted by molar-refractivity contribution is -0.136. The first kappa shape index (κ1) is 13.1. The zero-order valence-corrected chi connectivity index (χ0v) is 11.1. The highest BCUT2D eigenvalue weighted by Crippen LogP contribution is 2.20. The van der Waals surface area contributed by atoms with Crippen LogP contribution in [0.15, 0.2) is 54.7 Å². The first-order valence-corrected chi connectivity index (χ1v) is 6.41. The number of aromatic nitrogens is 2. The molecule has 0 radical (unpaired) electrons. The highest BCUT2D eigenvalue weighted by Gasteiger charge is 2.04. The zero-order valence-electron chi connectivity index (χ0n) is 11.1. The Morgan fingerprint density at radius 2 is 1.86 bits per heavy atom. The molecule has 0 aliphatic rings. The van der Waals surface area contributed by atoms with Gasteiger partial charge in [0.25, 0.3) is 0 Å². The maximum atomic E-state index is 10.6. The van der Waals surface area contributed by atoms with Crippen molar-refractivity contribution in [2.45, 2.75) is 6.42 Å². The molecule has 0 saturated heterocycles. The Morgan fingerprint density at radius 1 is 1.10 bits per heavy atom. The van der Waals surface area contributed by atoms with E-state index in [0.717, 1.165) is 10.9 Å². The first-order valence-electron chi connectivity index (χ1n) is 6.41. The molecule has 1 aromatic heterocycles. The van der Waals surface area contributed by atoms with Gasteiger partial charge in [0.1, 0.15) is 5.75 Å². The van der Waals surface area contributed by atoms with Crippen LogP contribution in [0.5, 0.6) is 11.8 Å². The van der Waals surface area contributed by atoms with E-state index >= 15 is 0 Å². The summed E-state index contributed by atoms with van der Waals surface area (Å²) in [7, 11) is 0. The number of carbonyl (C=O) groups is 1. The molecule has 2 aromatic carbocycles. The van der Waals surface area contributed by atoms with Crippen molar-refractivity contribution in [2.75, 3.05) is 0 Å². The molecular formula is C16H12N2O3. The molecule has 0 amide bonds. The van der Waals surface area contributed by atoms with Crippen molar-refractivity contribution >= 4 is 16.9 Å². The lowest BCUT2D eigenvalue weighted by Crippen LogP contribution is -1.99. The minimum Gasteiger partial charge on any atom is -0.481 e. The van der Waals surface area contributed by atoms with Crippen LogP contribution in [0.2, 0.25) is 0 Å². The molecule has 0 atom stereocenters. The van der Waals surface area contributed by atoms with Gasteiger partial charge in [-0.15, -0.1) is 0 Å². The number of rotatable bonds is 4. The van der Waals surface area contributed by atoms with E-state index in [2.05, 4.69) is 9.97 Å². The van der Waals surface area contributed by atoms with E-state index in [1.807, 2.05) is 24.3 Å². The van der Waals surface area contributed by atoms with Crippen LogP contribution in [0, 0.1) is 0 Å². The Labute approximate surface area is 120 Å². The van der Waals surface area contributed by atoms with Gasteiger partial charge in [0.15, 0.2) is 0 Å². The molecule has 1 heterocycles. The fourth-order valence-corrected chi connectivity index (χ4v) is 1.96. The molecule has 0 bridgehead atoms. The van der Waals surface area contributed by atoms with E-state index in [9.17, 15) is 4.79 Å². The van der Waals surface area contributed by atoms with Gasteiger partial charge in [-0.1, -0.05) is 30.3 Å². The number of hydrogen-bond acceptors (Lipinski definition) is 4. The third-order valence-corrected chi connectivity index (χ3v) is 2.95. The van der Waals surface area contributed by atoms with E-state index in [-0.39, 0.29) is 12.4 Å². The fraction of sp³-hybridized carbons (Fsp3) is 0.0625. The minimum absolute atomic E-state index is 0.00719. The van der Waals surface area contributed by atoms with E-state index in [4.69, 9.17) is 9.84 Å². The van der Waals surface area contributed by atoms with Crippen LogP contribution in [0.25, 0.3) is 10.9 Å². The van der Waals surface area contributed by atoms with Gasteiger partial charge in [-0.05, 0) is 23.8 Å². The second-order valence-corrected chi connectivity index (χ2v) is 4.53. The molecule has 0 fully saturated rings. The van der Waals surface area contributed by atoms with Crippen molar-refractivity contribution in [3.63, 3.8) is 0 Å². The summed E-state index contributed by atoms with van der Waals surface area (Å²) in [5.74, 6) is -0.291. The van der Waals surface area contributed by atoms with E-state index < -0.39 is 5.97 Å². The molecule has 0 aliphatic heterocycles. The Hall–Kier alpha value is -2.95. The predicted octanol–water partition coefficient (Wildman–Crippen LogP) is 3.05. The molecular weight excluding hydrogens is 268 g/mol. The van der Waals surface area contributed by atoms with Gasteiger partial charge in [-0.25, -0.2) is 4.98 Å². The number of para-hydroxylation sites is 1.